The Morgan fingerprint density at radius 2 is 2.00 bits per heavy atom. The van der Waals surface area contributed by atoms with Gasteiger partial charge < -0.3 is 4.98 Å². The Morgan fingerprint density at radius 3 is 2.79 bits per heavy atom. The molecular weight excluding hydrogens is 243 g/mol. The average Bonchev–Trinajstić information content (AvgIpc) is 2.85. The highest BCUT2D eigenvalue weighted by atomic mass is 19.1. The van der Waals surface area contributed by atoms with Crippen molar-refractivity contribution in [3.05, 3.63) is 65.9 Å². The summed E-state index contributed by atoms with van der Waals surface area (Å²) in [4.78, 5) is 19.3. The molecule has 0 fully saturated rings. The number of rotatable bonds is 3. The van der Waals surface area contributed by atoms with Crippen LogP contribution in [0.5, 0.6) is 0 Å². The molecule has 0 aliphatic heterocycles. The predicted octanol–water partition coefficient (Wildman–Crippen LogP) is 3.13. The fourth-order valence-corrected chi connectivity index (χ4v) is 2.08. The number of halogens is 1. The van der Waals surface area contributed by atoms with Gasteiger partial charge in [-0.05, 0) is 23.8 Å². The van der Waals surface area contributed by atoms with Gasteiger partial charge in [-0.1, -0.05) is 12.1 Å². The van der Waals surface area contributed by atoms with Gasteiger partial charge in [0.25, 0.3) is 0 Å². The van der Waals surface area contributed by atoms with E-state index in [0.29, 0.717) is 5.56 Å². The lowest BCUT2D eigenvalue weighted by Gasteiger charge is -2.00. The number of pyridine rings is 1. The van der Waals surface area contributed by atoms with Crippen LogP contribution in [0.3, 0.4) is 0 Å². The summed E-state index contributed by atoms with van der Waals surface area (Å²) < 4.78 is 12.8. The summed E-state index contributed by atoms with van der Waals surface area (Å²) >= 11 is 0. The van der Waals surface area contributed by atoms with E-state index in [2.05, 4.69) is 9.97 Å². The molecule has 0 aliphatic rings. The van der Waals surface area contributed by atoms with Crippen LogP contribution in [-0.2, 0) is 6.42 Å². The SMILES string of the molecule is O=C(Cc1ccc(F)cc1)c1c[nH]c2ccncc12. The molecule has 94 valence electrons. The van der Waals surface area contributed by atoms with Crippen molar-refractivity contribution in [2.75, 3.05) is 0 Å². The lowest BCUT2D eigenvalue weighted by atomic mass is 10.0. The summed E-state index contributed by atoms with van der Waals surface area (Å²) in [5.41, 5.74) is 2.30. The molecule has 0 spiro atoms. The summed E-state index contributed by atoms with van der Waals surface area (Å²) in [5.74, 6) is -0.307. The van der Waals surface area contributed by atoms with Crippen LogP contribution in [0.4, 0.5) is 4.39 Å². The highest BCUT2D eigenvalue weighted by Crippen LogP contribution is 2.18. The fourth-order valence-electron chi connectivity index (χ4n) is 2.08. The minimum atomic E-state index is -0.299. The monoisotopic (exact) mass is 254 g/mol. The molecule has 3 aromatic rings. The third-order valence-electron chi connectivity index (χ3n) is 3.06. The molecule has 2 heterocycles. The lowest BCUT2D eigenvalue weighted by molar-refractivity contribution is 0.0994. The first-order valence-electron chi connectivity index (χ1n) is 5.93. The number of hydrogen-bond acceptors (Lipinski definition) is 2. The number of hydrogen-bond donors (Lipinski definition) is 1. The Bertz CT molecular complexity index is 731. The Kier molecular flexibility index (Phi) is 2.83. The molecule has 4 heteroatoms. The first kappa shape index (κ1) is 11.6. The van der Waals surface area contributed by atoms with Crippen molar-refractivity contribution < 1.29 is 9.18 Å². The largest absolute Gasteiger partial charge is 0.360 e. The Balaban J connectivity index is 1.90. The number of nitrogens with zero attached hydrogens (tertiary/aromatic N) is 1. The van der Waals surface area contributed by atoms with Gasteiger partial charge in [0.15, 0.2) is 5.78 Å². The molecule has 19 heavy (non-hydrogen) atoms. The van der Waals surface area contributed by atoms with Crippen LogP contribution < -0.4 is 0 Å². The van der Waals surface area contributed by atoms with Gasteiger partial charge in [0.2, 0.25) is 0 Å². The van der Waals surface area contributed by atoms with Crippen molar-refractivity contribution in [3.8, 4) is 0 Å². The molecule has 0 saturated heterocycles. The molecule has 1 aromatic carbocycles. The van der Waals surface area contributed by atoms with E-state index < -0.39 is 0 Å². The zero-order valence-electron chi connectivity index (χ0n) is 10.1. The van der Waals surface area contributed by atoms with Crippen molar-refractivity contribution in [2.45, 2.75) is 6.42 Å². The normalized spacial score (nSPS) is 10.8. The Morgan fingerprint density at radius 1 is 1.21 bits per heavy atom. The molecule has 1 N–H and O–H groups in total. The topological polar surface area (TPSA) is 45.8 Å². The number of benzene rings is 1. The third kappa shape index (κ3) is 2.25. The number of H-pyrrole nitrogens is 1. The molecule has 0 bridgehead atoms. The van der Waals surface area contributed by atoms with E-state index in [0.717, 1.165) is 16.5 Å². The zero-order valence-corrected chi connectivity index (χ0v) is 10.1. The number of carbonyl (C=O) groups is 1. The maximum Gasteiger partial charge on any atom is 0.169 e. The number of ketones is 1. The second kappa shape index (κ2) is 4.65. The number of nitrogens with one attached hydrogen (secondary N) is 1. The van der Waals surface area contributed by atoms with Gasteiger partial charge in [0.1, 0.15) is 5.82 Å². The van der Waals surface area contributed by atoms with E-state index in [1.54, 1.807) is 30.7 Å². The van der Waals surface area contributed by atoms with Gasteiger partial charge in [-0.25, -0.2) is 4.39 Å². The van der Waals surface area contributed by atoms with Gasteiger partial charge in [0.05, 0.1) is 0 Å². The maximum absolute atomic E-state index is 12.8. The summed E-state index contributed by atoms with van der Waals surface area (Å²) in [6.07, 6.45) is 5.29. The summed E-state index contributed by atoms with van der Waals surface area (Å²) in [7, 11) is 0. The molecule has 3 rings (SSSR count). The smallest absolute Gasteiger partial charge is 0.169 e. The molecular formula is C15H11FN2O. The van der Waals surface area contributed by atoms with E-state index >= 15 is 0 Å². The number of carbonyl (C=O) groups excluding carboxylic acids is 1. The highest BCUT2D eigenvalue weighted by Gasteiger charge is 2.12. The van der Waals surface area contributed by atoms with Crippen LogP contribution in [0.2, 0.25) is 0 Å². The van der Waals surface area contributed by atoms with E-state index in [1.807, 2.05) is 6.07 Å². The number of fused-ring (bicyclic) bond motifs is 1. The molecule has 0 amide bonds. The van der Waals surface area contributed by atoms with E-state index in [9.17, 15) is 9.18 Å². The Labute approximate surface area is 109 Å². The van der Waals surface area contributed by atoms with Crippen LogP contribution in [0.1, 0.15) is 15.9 Å². The van der Waals surface area contributed by atoms with Crippen LogP contribution in [-0.4, -0.2) is 15.8 Å². The zero-order chi connectivity index (χ0) is 13.2. The molecule has 0 aliphatic carbocycles. The second-order valence-electron chi connectivity index (χ2n) is 4.35. The summed E-state index contributed by atoms with van der Waals surface area (Å²) in [5, 5.41) is 0.814. The molecule has 0 unspecified atom stereocenters. The van der Waals surface area contributed by atoms with Gasteiger partial charge in [-0.15, -0.1) is 0 Å². The molecule has 2 aromatic heterocycles. The lowest BCUT2D eigenvalue weighted by Crippen LogP contribution is -2.02. The van der Waals surface area contributed by atoms with Crippen molar-refractivity contribution in [2.24, 2.45) is 0 Å². The number of aromatic nitrogens is 2. The second-order valence-corrected chi connectivity index (χ2v) is 4.35. The fraction of sp³-hybridized carbons (Fsp3) is 0.0667. The van der Waals surface area contributed by atoms with Crippen LogP contribution in [0, 0.1) is 5.82 Å². The summed E-state index contributed by atoms with van der Waals surface area (Å²) in [6, 6.07) is 7.80. The molecule has 0 atom stereocenters. The van der Waals surface area contributed by atoms with E-state index in [1.165, 1.54) is 12.1 Å². The number of aromatic amines is 1. The van der Waals surface area contributed by atoms with Crippen LogP contribution >= 0.6 is 0 Å². The van der Waals surface area contributed by atoms with Crippen LogP contribution in [0.15, 0.2) is 48.9 Å². The van der Waals surface area contributed by atoms with Gasteiger partial charge in [-0.3, -0.25) is 9.78 Å². The molecule has 0 radical (unpaired) electrons. The van der Waals surface area contributed by atoms with E-state index in [-0.39, 0.29) is 18.0 Å². The minimum Gasteiger partial charge on any atom is -0.360 e. The standard InChI is InChI=1S/C15H11FN2O/c16-11-3-1-10(2-4-11)7-15(19)13-9-18-14-5-6-17-8-12(13)14/h1-6,8-9,18H,7H2. The predicted molar refractivity (Wildman–Crippen MR) is 70.5 cm³/mol. The minimum absolute atomic E-state index is 0.00846. The van der Waals surface area contributed by atoms with E-state index in [4.69, 9.17) is 0 Å². The quantitative estimate of drug-likeness (QED) is 0.730. The number of Topliss-reactive ketones (excluding diaryl/α,β-unsaturated/α-hetero) is 1. The van der Waals surface area contributed by atoms with Crippen molar-refractivity contribution in [1.29, 1.82) is 0 Å². The summed E-state index contributed by atoms with van der Waals surface area (Å²) in [6.45, 7) is 0. The third-order valence-corrected chi connectivity index (χ3v) is 3.06. The maximum atomic E-state index is 12.8. The Hall–Kier alpha value is -2.49. The highest BCUT2D eigenvalue weighted by molar-refractivity contribution is 6.08. The molecule has 0 saturated carbocycles. The average molecular weight is 254 g/mol. The van der Waals surface area contributed by atoms with Gasteiger partial charge in [0, 0.05) is 41.5 Å². The van der Waals surface area contributed by atoms with Crippen molar-refractivity contribution in [1.82, 2.24) is 9.97 Å². The van der Waals surface area contributed by atoms with Crippen LogP contribution in [0.25, 0.3) is 10.9 Å². The first-order chi connectivity index (χ1) is 9.24. The van der Waals surface area contributed by atoms with Crippen molar-refractivity contribution >= 4 is 16.7 Å². The first-order valence-corrected chi connectivity index (χ1v) is 5.93. The molecule has 3 nitrogen and oxygen atoms in total. The van der Waals surface area contributed by atoms with Gasteiger partial charge in [-0.2, -0.15) is 0 Å². The van der Waals surface area contributed by atoms with Gasteiger partial charge >= 0.3 is 0 Å². The van der Waals surface area contributed by atoms with Crippen molar-refractivity contribution in [3.63, 3.8) is 0 Å².